The van der Waals surface area contributed by atoms with Crippen molar-refractivity contribution in [2.75, 3.05) is 11.9 Å². The van der Waals surface area contributed by atoms with Gasteiger partial charge in [-0.2, -0.15) is 0 Å². The van der Waals surface area contributed by atoms with Crippen molar-refractivity contribution in [2.24, 2.45) is 4.99 Å². The molecule has 1 amide bonds. The molecule has 0 fully saturated rings. The molecule has 1 aliphatic heterocycles. The average Bonchev–Trinajstić information content (AvgIpc) is 3.06. The smallest absolute Gasteiger partial charge is 0.262 e. The first kappa shape index (κ1) is 18.5. The van der Waals surface area contributed by atoms with Crippen molar-refractivity contribution in [3.63, 3.8) is 0 Å². The Hall–Kier alpha value is -2.26. The third-order valence-corrected chi connectivity index (χ3v) is 5.49. The van der Waals surface area contributed by atoms with Crippen LogP contribution in [-0.4, -0.2) is 26.7 Å². The monoisotopic (exact) mass is 439 g/mol. The Kier molecular flexibility index (Phi) is 5.38. The number of amidine groups is 1. The Labute approximate surface area is 158 Å². The highest BCUT2D eigenvalue weighted by molar-refractivity contribution is 9.10. The van der Waals surface area contributed by atoms with Crippen molar-refractivity contribution in [2.45, 2.75) is 17.7 Å². The molecule has 0 unspecified atom stereocenters. The maximum Gasteiger partial charge on any atom is 0.262 e. The number of halogens is 2. The molecule has 0 atom stereocenters. The molecular weight excluding hydrogens is 425 g/mol. The largest absolute Gasteiger partial charge is 0.322 e. The lowest BCUT2D eigenvalue weighted by Crippen LogP contribution is -2.29. The van der Waals surface area contributed by atoms with Gasteiger partial charge in [-0.25, -0.2) is 12.8 Å². The molecule has 0 spiro atoms. The van der Waals surface area contributed by atoms with Crippen LogP contribution < -0.4 is 10.0 Å². The fourth-order valence-corrected chi connectivity index (χ4v) is 4.07. The first-order valence-electron chi connectivity index (χ1n) is 7.77. The van der Waals surface area contributed by atoms with Gasteiger partial charge >= 0.3 is 0 Å². The Balaban J connectivity index is 1.79. The maximum absolute atomic E-state index is 13.4. The van der Waals surface area contributed by atoms with E-state index in [1.165, 1.54) is 30.3 Å². The summed E-state index contributed by atoms with van der Waals surface area (Å²) in [4.78, 5) is 16.4. The number of aliphatic imine (C=N–C) groups is 1. The van der Waals surface area contributed by atoms with E-state index in [1.54, 1.807) is 6.07 Å². The fraction of sp³-hybridized carbons (Fsp3) is 0.176. The SMILES string of the molecule is O=C(Nc1cccc(S(=O)(=O)NC2=NCCC2)c1)c1cc(F)cc(Br)c1. The Bertz CT molecular complexity index is 972. The quantitative estimate of drug-likeness (QED) is 0.765. The highest BCUT2D eigenvalue weighted by Gasteiger charge is 2.19. The summed E-state index contributed by atoms with van der Waals surface area (Å²) in [5, 5.41) is 2.57. The first-order valence-corrected chi connectivity index (χ1v) is 10.0. The molecule has 26 heavy (non-hydrogen) atoms. The molecule has 0 radical (unpaired) electrons. The number of rotatable bonds is 4. The van der Waals surface area contributed by atoms with Crippen LogP contribution in [0.1, 0.15) is 23.2 Å². The highest BCUT2D eigenvalue weighted by atomic mass is 79.9. The normalized spacial score (nSPS) is 14.0. The number of hydrogen-bond donors (Lipinski definition) is 2. The molecule has 2 aromatic carbocycles. The van der Waals surface area contributed by atoms with Crippen LogP contribution in [0.2, 0.25) is 0 Å². The van der Waals surface area contributed by atoms with E-state index >= 15 is 0 Å². The number of nitrogens with one attached hydrogen (secondary N) is 2. The van der Waals surface area contributed by atoms with Crippen molar-refractivity contribution in [1.82, 2.24) is 4.72 Å². The second-order valence-corrected chi connectivity index (χ2v) is 8.28. The lowest BCUT2D eigenvalue weighted by molar-refractivity contribution is 0.102. The Morgan fingerprint density at radius 3 is 2.69 bits per heavy atom. The van der Waals surface area contributed by atoms with E-state index in [0.717, 1.165) is 12.5 Å². The van der Waals surface area contributed by atoms with Gasteiger partial charge in [0.25, 0.3) is 15.9 Å². The van der Waals surface area contributed by atoms with Crippen LogP contribution in [0, 0.1) is 5.82 Å². The van der Waals surface area contributed by atoms with Crippen LogP contribution in [0.3, 0.4) is 0 Å². The summed E-state index contributed by atoms with van der Waals surface area (Å²) in [6, 6.07) is 9.64. The number of sulfonamides is 1. The zero-order chi connectivity index (χ0) is 18.7. The summed E-state index contributed by atoms with van der Waals surface area (Å²) in [5.74, 6) is -0.667. The average molecular weight is 440 g/mol. The van der Waals surface area contributed by atoms with Gasteiger partial charge in [0.15, 0.2) is 0 Å². The Morgan fingerprint density at radius 2 is 2.00 bits per heavy atom. The molecular formula is C17H15BrFN3O3S. The van der Waals surface area contributed by atoms with E-state index in [-0.39, 0.29) is 16.1 Å². The van der Waals surface area contributed by atoms with Crippen LogP contribution in [-0.2, 0) is 10.0 Å². The molecule has 136 valence electrons. The van der Waals surface area contributed by atoms with Crippen molar-refractivity contribution in [1.29, 1.82) is 0 Å². The zero-order valence-electron chi connectivity index (χ0n) is 13.5. The Morgan fingerprint density at radius 1 is 1.19 bits per heavy atom. The molecule has 0 bridgehead atoms. The molecule has 1 aliphatic rings. The first-order chi connectivity index (χ1) is 12.3. The van der Waals surface area contributed by atoms with Crippen molar-refractivity contribution >= 4 is 43.4 Å². The van der Waals surface area contributed by atoms with Crippen molar-refractivity contribution < 1.29 is 17.6 Å². The summed E-state index contributed by atoms with van der Waals surface area (Å²) in [7, 11) is -3.78. The zero-order valence-corrected chi connectivity index (χ0v) is 15.9. The van der Waals surface area contributed by atoms with Crippen molar-refractivity contribution in [3.8, 4) is 0 Å². The van der Waals surface area contributed by atoms with Gasteiger partial charge in [-0.15, -0.1) is 0 Å². The number of nitrogens with zero attached hydrogens (tertiary/aromatic N) is 1. The second kappa shape index (κ2) is 7.55. The van der Waals surface area contributed by atoms with Crippen LogP contribution in [0.25, 0.3) is 0 Å². The van der Waals surface area contributed by atoms with Gasteiger partial charge in [-0.05, 0) is 42.8 Å². The van der Waals surface area contributed by atoms with Crippen LogP contribution >= 0.6 is 15.9 Å². The minimum Gasteiger partial charge on any atom is -0.322 e. The minimum atomic E-state index is -3.78. The lowest BCUT2D eigenvalue weighted by Gasteiger charge is -2.10. The molecule has 3 rings (SSSR count). The molecule has 0 saturated heterocycles. The van der Waals surface area contributed by atoms with E-state index in [0.29, 0.717) is 23.3 Å². The molecule has 2 aromatic rings. The van der Waals surface area contributed by atoms with Gasteiger partial charge in [0.05, 0.1) is 4.90 Å². The lowest BCUT2D eigenvalue weighted by atomic mass is 10.2. The number of amides is 1. The minimum absolute atomic E-state index is 0.00493. The number of anilines is 1. The maximum atomic E-state index is 13.4. The summed E-state index contributed by atoms with van der Waals surface area (Å²) >= 11 is 3.13. The number of benzene rings is 2. The van der Waals surface area contributed by atoms with Gasteiger partial charge in [-0.3, -0.25) is 14.5 Å². The van der Waals surface area contributed by atoms with E-state index in [1.807, 2.05) is 0 Å². The van der Waals surface area contributed by atoms with Crippen LogP contribution in [0.15, 0.2) is 56.8 Å². The molecule has 6 nitrogen and oxygen atoms in total. The number of carbonyl (C=O) groups is 1. The van der Waals surface area contributed by atoms with Crippen LogP contribution in [0.4, 0.5) is 10.1 Å². The molecule has 9 heteroatoms. The predicted octanol–water partition coefficient (Wildman–Crippen LogP) is 3.31. The fourth-order valence-electron chi connectivity index (χ4n) is 2.47. The predicted molar refractivity (Wildman–Crippen MR) is 100 cm³/mol. The van der Waals surface area contributed by atoms with Gasteiger partial charge in [0.1, 0.15) is 11.7 Å². The highest BCUT2D eigenvalue weighted by Crippen LogP contribution is 2.19. The summed E-state index contributed by atoms with van der Waals surface area (Å²) in [6.45, 7) is 0.608. The summed E-state index contributed by atoms with van der Waals surface area (Å²) in [5.41, 5.74) is 0.398. The third kappa shape index (κ3) is 4.47. The summed E-state index contributed by atoms with van der Waals surface area (Å²) in [6.07, 6.45) is 1.40. The third-order valence-electron chi connectivity index (χ3n) is 3.65. The van der Waals surface area contributed by atoms with E-state index < -0.39 is 21.7 Å². The van der Waals surface area contributed by atoms with Crippen LogP contribution in [0.5, 0.6) is 0 Å². The van der Waals surface area contributed by atoms with Gasteiger partial charge in [0, 0.05) is 28.7 Å². The van der Waals surface area contributed by atoms with Gasteiger partial charge in [-0.1, -0.05) is 22.0 Å². The van der Waals surface area contributed by atoms with Gasteiger partial charge in [0.2, 0.25) is 0 Å². The summed E-state index contributed by atoms with van der Waals surface area (Å²) < 4.78 is 41.2. The molecule has 1 heterocycles. The van der Waals surface area contributed by atoms with E-state index in [9.17, 15) is 17.6 Å². The van der Waals surface area contributed by atoms with Gasteiger partial charge < -0.3 is 5.32 Å². The number of carbonyl (C=O) groups excluding carboxylic acids is 1. The second-order valence-electron chi connectivity index (χ2n) is 5.68. The van der Waals surface area contributed by atoms with E-state index in [2.05, 4.69) is 31.0 Å². The van der Waals surface area contributed by atoms with Crippen molar-refractivity contribution in [3.05, 3.63) is 58.3 Å². The number of hydrogen-bond acceptors (Lipinski definition) is 4. The molecule has 0 saturated carbocycles. The van der Waals surface area contributed by atoms with E-state index in [4.69, 9.17) is 0 Å². The molecule has 0 aromatic heterocycles. The molecule has 0 aliphatic carbocycles. The molecule has 2 N–H and O–H groups in total. The topological polar surface area (TPSA) is 87.6 Å². The standard InChI is InChI=1S/C17H15BrFN3O3S/c18-12-7-11(8-13(19)9-12)17(23)21-14-3-1-4-15(10-14)26(24,25)22-16-5-2-6-20-16/h1,3-4,7-10H,2,5-6H2,(H,20,22)(H,21,23).